The molecule has 0 amide bonds. The molecule has 1 aromatic carbocycles. The number of ether oxygens (including phenoxy) is 1. The molecule has 0 fully saturated rings. The predicted octanol–water partition coefficient (Wildman–Crippen LogP) is 4.63. The smallest absolute Gasteiger partial charge is 0.307 e. The first-order valence-corrected chi connectivity index (χ1v) is 9.26. The van der Waals surface area contributed by atoms with E-state index in [1.54, 1.807) is 25.4 Å². The highest BCUT2D eigenvalue weighted by atomic mass is 16.6. The molecule has 0 saturated heterocycles. The number of carbonyl (C=O) groups excluding carboxylic acids is 1. The topological polar surface area (TPSA) is 91.2 Å². The fourth-order valence-corrected chi connectivity index (χ4v) is 2.81. The molecule has 4 rings (SSSR count). The maximum Gasteiger partial charge on any atom is 0.307 e. The van der Waals surface area contributed by atoms with Crippen LogP contribution in [0.25, 0.3) is 22.7 Å². The van der Waals surface area contributed by atoms with Crippen LogP contribution >= 0.6 is 0 Å². The number of nitrogens with zero attached hydrogens (tertiary/aromatic N) is 3. The van der Waals surface area contributed by atoms with Crippen molar-refractivity contribution in [2.45, 2.75) is 25.9 Å². The second-order valence-electron chi connectivity index (χ2n) is 6.46. The lowest BCUT2D eigenvalue weighted by Gasteiger charge is -2.08. The first-order valence-electron chi connectivity index (χ1n) is 9.26. The summed E-state index contributed by atoms with van der Waals surface area (Å²) in [5, 5.41) is 3.91. The lowest BCUT2D eigenvalue weighted by molar-refractivity contribution is -0.149. The number of hydrogen-bond donors (Lipinski definition) is 0. The van der Waals surface area contributed by atoms with Crippen molar-refractivity contribution in [3.8, 4) is 22.7 Å². The third-order valence-electron chi connectivity index (χ3n) is 4.31. The van der Waals surface area contributed by atoms with Crippen LogP contribution in [0, 0.1) is 0 Å². The van der Waals surface area contributed by atoms with E-state index in [1.807, 2.05) is 48.5 Å². The van der Waals surface area contributed by atoms with Crippen LogP contribution in [-0.2, 0) is 16.0 Å². The Kier molecular flexibility index (Phi) is 5.47. The van der Waals surface area contributed by atoms with Gasteiger partial charge in [0.25, 0.3) is 5.89 Å². The molecule has 0 aliphatic heterocycles. The van der Waals surface area contributed by atoms with Gasteiger partial charge in [-0.1, -0.05) is 35.5 Å². The van der Waals surface area contributed by atoms with Gasteiger partial charge in [-0.25, -0.2) is 0 Å². The highest BCUT2D eigenvalue weighted by Crippen LogP contribution is 2.23. The number of hydrogen-bond acceptors (Lipinski definition) is 7. The molecule has 0 aliphatic carbocycles. The molecular formula is C22H19N3O4. The summed E-state index contributed by atoms with van der Waals surface area (Å²) in [4.78, 5) is 20.5. The van der Waals surface area contributed by atoms with E-state index in [1.165, 1.54) is 0 Å². The van der Waals surface area contributed by atoms with Gasteiger partial charge in [-0.3, -0.25) is 9.78 Å². The van der Waals surface area contributed by atoms with Crippen molar-refractivity contribution in [3.63, 3.8) is 0 Å². The van der Waals surface area contributed by atoms with E-state index >= 15 is 0 Å². The molecule has 0 N–H and O–H groups in total. The van der Waals surface area contributed by atoms with Crippen LogP contribution in [0.3, 0.4) is 0 Å². The Hall–Kier alpha value is -3.74. The normalized spacial score (nSPS) is 11.9. The first kappa shape index (κ1) is 18.6. The Balaban J connectivity index is 1.31. The van der Waals surface area contributed by atoms with Gasteiger partial charge in [0, 0.05) is 29.9 Å². The number of benzene rings is 1. The maximum absolute atomic E-state index is 12.2. The van der Waals surface area contributed by atoms with Crippen LogP contribution in [-0.4, -0.2) is 21.1 Å². The number of rotatable bonds is 7. The van der Waals surface area contributed by atoms with Gasteiger partial charge in [0.15, 0.2) is 6.10 Å². The van der Waals surface area contributed by atoms with Gasteiger partial charge in [0.1, 0.15) is 11.5 Å². The SMILES string of the molecule is CC(OC(=O)CCc1ccc(-c2ccccc2)o1)c1nc(-c2cccnc2)no1. The Bertz CT molecular complexity index is 1070. The van der Waals surface area contributed by atoms with Gasteiger partial charge in [-0.05, 0) is 31.2 Å². The van der Waals surface area contributed by atoms with Crippen molar-refractivity contribution in [3.05, 3.63) is 78.6 Å². The fraction of sp³-hybridized carbons (Fsp3) is 0.182. The second kappa shape index (κ2) is 8.52. The molecule has 3 aromatic heterocycles. The third-order valence-corrected chi connectivity index (χ3v) is 4.31. The molecular weight excluding hydrogens is 370 g/mol. The lowest BCUT2D eigenvalue weighted by atomic mass is 10.2. The molecule has 0 aliphatic rings. The number of aromatic nitrogens is 3. The van der Waals surface area contributed by atoms with Gasteiger partial charge < -0.3 is 13.7 Å². The molecule has 7 nitrogen and oxygen atoms in total. The minimum Gasteiger partial charge on any atom is -0.461 e. The maximum atomic E-state index is 12.2. The monoisotopic (exact) mass is 389 g/mol. The summed E-state index contributed by atoms with van der Waals surface area (Å²) in [5.74, 6) is 1.78. The van der Waals surface area contributed by atoms with Gasteiger partial charge in [0.2, 0.25) is 5.82 Å². The Morgan fingerprint density at radius 3 is 2.69 bits per heavy atom. The summed E-state index contributed by atoms with van der Waals surface area (Å²) in [6.07, 6.45) is 3.30. The molecule has 146 valence electrons. The van der Waals surface area contributed by atoms with Gasteiger partial charge >= 0.3 is 5.97 Å². The predicted molar refractivity (Wildman–Crippen MR) is 105 cm³/mol. The Morgan fingerprint density at radius 2 is 1.90 bits per heavy atom. The molecule has 1 unspecified atom stereocenters. The standard InChI is InChI=1S/C22H19N3O4/c1-15(22-24-21(25-29-22)17-8-5-13-23-14-17)27-20(26)12-10-18-9-11-19(28-18)16-6-3-2-4-7-16/h2-9,11,13-15H,10,12H2,1H3. The van der Waals surface area contributed by atoms with E-state index in [-0.39, 0.29) is 18.3 Å². The van der Waals surface area contributed by atoms with Gasteiger partial charge in [0.05, 0.1) is 6.42 Å². The molecule has 1 atom stereocenters. The van der Waals surface area contributed by atoms with Crippen LogP contribution < -0.4 is 0 Å². The average molecular weight is 389 g/mol. The third kappa shape index (κ3) is 4.57. The zero-order valence-corrected chi connectivity index (χ0v) is 15.8. The van der Waals surface area contributed by atoms with E-state index in [9.17, 15) is 4.79 Å². The summed E-state index contributed by atoms with van der Waals surface area (Å²) in [6, 6.07) is 17.2. The first-order chi connectivity index (χ1) is 14.2. The number of aryl methyl sites for hydroxylation is 1. The zero-order chi connectivity index (χ0) is 20.1. The van der Waals surface area contributed by atoms with E-state index < -0.39 is 6.10 Å². The molecule has 3 heterocycles. The quantitative estimate of drug-likeness (QED) is 0.426. The molecule has 7 heteroatoms. The summed E-state index contributed by atoms with van der Waals surface area (Å²) >= 11 is 0. The minimum absolute atomic E-state index is 0.190. The number of pyridine rings is 1. The molecule has 0 saturated carbocycles. The molecule has 0 bridgehead atoms. The van der Waals surface area contributed by atoms with Crippen molar-refractivity contribution in [2.24, 2.45) is 0 Å². The lowest BCUT2D eigenvalue weighted by Crippen LogP contribution is -2.10. The van der Waals surface area contributed by atoms with E-state index in [0.29, 0.717) is 12.2 Å². The average Bonchev–Trinajstić information content (AvgIpc) is 3.44. The summed E-state index contributed by atoms with van der Waals surface area (Å²) in [6.45, 7) is 1.69. The van der Waals surface area contributed by atoms with Gasteiger partial charge in [-0.15, -0.1) is 0 Å². The Morgan fingerprint density at radius 1 is 1.07 bits per heavy atom. The van der Waals surface area contributed by atoms with Crippen molar-refractivity contribution in [1.29, 1.82) is 0 Å². The van der Waals surface area contributed by atoms with Crippen molar-refractivity contribution in [1.82, 2.24) is 15.1 Å². The number of furan rings is 1. The van der Waals surface area contributed by atoms with Gasteiger partial charge in [-0.2, -0.15) is 4.98 Å². The molecule has 0 spiro atoms. The summed E-state index contributed by atoms with van der Waals surface area (Å²) < 4.78 is 16.4. The van der Waals surface area contributed by atoms with Crippen molar-refractivity contribution < 1.29 is 18.5 Å². The van der Waals surface area contributed by atoms with Crippen molar-refractivity contribution >= 4 is 5.97 Å². The minimum atomic E-state index is -0.642. The van der Waals surface area contributed by atoms with Crippen LogP contribution in [0.1, 0.15) is 31.1 Å². The highest BCUT2D eigenvalue weighted by Gasteiger charge is 2.19. The molecule has 0 radical (unpaired) electrons. The van der Waals surface area contributed by atoms with E-state index in [0.717, 1.165) is 22.6 Å². The zero-order valence-electron chi connectivity index (χ0n) is 15.8. The second-order valence-corrected chi connectivity index (χ2v) is 6.46. The van der Waals surface area contributed by atoms with Crippen LogP contribution in [0.15, 0.2) is 75.9 Å². The van der Waals surface area contributed by atoms with Crippen molar-refractivity contribution in [2.75, 3.05) is 0 Å². The number of esters is 1. The summed E-state index contributed by atoms with van der Waals surface area (Å²) in [5.41, 5.74) is 1.73. The number of carbonyl (C=O) groups is 1. The van der Waals surface area contributed by atoms with E-state index in [2.05, 4.69) is 15.1 Å². The van der Waals surface area contributed by atoms with Crippen LogP contribution in [0.2, 0.25) is 0 Å². The van der Waals surface area contributed by atoms with E-state index in [4.69, 9.17) is 13.7 Å². The molecule has 29 heavy (non-hydrogen) atoms. The largest absolute Gasteiger partial charge is 0.461 e. The fourth-order valence-electron chi connectivity index (χ4n) is 2.81. The Labute approximate surface area is 167 Å². The molecule has 4 aromatic rings. The van der Waals surface area contributed by atoms with Crippen LogP contribution in [0.4, 0.5) is 0 Å². The highest BCUT2D eigenvalue weighted by molar-refractivity contribution is 5.70. The summed E-state index contributed by atoms with van der Waals surface area (Å²) in [7, 11) is 0. The van der Waals surface area contributed by atoms with Crippen LogP contribution in [0.5, 0.6) is 0 Å².